The molecule has 32 heavy (non-hydrogen) atoms. The van der Waals surface area contributed by atoms with Gasteiger partial charge in [-0.3, -0.25) is 9.59 Å². The minimum Gasteiger partial charge on any atom is -0.506 e. The van der Waals surface area contributed by atoms with Crippen LogP contribution in [0.15, 0.2) is 59.5 Å². The van der Waals surface area contributed by atoms with E-state index in [0.29, 0.717) is 25.9 Å². The minimum atomic E-state index is -3.70. The molecule has 9 heteroatoms. The molecule has 2 aromatic carbocycles. The molecule has 1 aliphatic heterocycles. The lowest BCUT2D eigenvalue weighted by molar-refractivity contribution is -0.130. The zero-order valence-corrected chi connectivity index (χ0v) is 18.9. The van der Waals surface area contributed by atoms with Gasteiger partial charge in [0, 0.05) is 39.2 Å². The number of carbonyl (C=O) groups is 2. The van der Waals surface area contributed by atoms with Crippen molar-refractivity contribution in [2.45, 2.75) is 17.7 Å². The quantitative estimate of drug-likeness (QED) is 0.512. The molecular formula is C23H27N3O5S. The lowest BCUT2D eigenvalue weighted by Gasteiger charge is -2.30. The highest BCUT2D eigenvalue weighted by Crippen LogP contribution is 2.29. The number of aromatic hydroxyl groups is 1. The Morgan fingerprint density at radius 2 is 1.75 bits per heavy atom. The van der Waals surface area contributed by atoms with Crippen LogP contribution in [0.25, 0.3) is 6.08 Å². The number of phenolic OH excluding ortho intramolecular Hbond substituents is 1. The Hall–Kier alpha value is -3.17. The van der Waals surface area contributed by atoms with Gasteiger partial charge in [0.15, 0.2) is 0 Å². The number of rotatable bonds is 6. The van der Waals surface area contributed by atoms with Gasteiger partial charge < -0.3 is 15.3 Å². The predicted octanol–water partition coefficient (Wildman–Crippen LogP) is 2.53. The van der Waals surface area contributed by atoms with Crippen LogP contribution in [-0.4, -0.2) is 61.7 Å². The molecule has 0 atom stereocenters. The number of sulfonamides is 1. The van der Waals surface area contributed by atoms with Gasteiger partial charge in [-0.25, -0.2) is 12.7 Å². The van der Waals surface area contributed by atoms with E-state index in [4.69, 9.17) is 0 Å². The molecule has 0 aliphatic carbocycles. The first kappa shape index (κ1) is 23.5. The van der Waals surface area contributed by atoms with E-state index in [1.54, 1.807) is 11.0 Å². The highest BCUT2D eigenvalue weighted by Gasteiger charge is 2.27. The molecule has 0 unspecified atom stereocenters. The van der Waals surface area contributed by atoms with Crippen molar-refractivity contribution in [1.82, 2.24) is 9.21 Å². The monoisotopic (exact) mass is 457 g/mol. The Balaban J connectivity index is 1.59. The lowest BCUT2D eigenvalue weighted by Crippen LogP contribution is -2.40. The summed E-state index contributed by atoms with van der Waals surface area (Å²) in [5.41, 5.74) is 0.982. The molecule has 3 rings (SSSR count). The highest BCUT2D eigenvalue weighted by atomic mass is 32.2. The van der Waals surface area contributed by atoms with Crippen LogP contribution in [0.3, 0.4) is 0 Å². The van der Waals surface area contributed by atoms with E-state index in [0.717, 1.165) is 9.87 Å². The van der Waals surface area contributed by atoms with E-state index in [1.807, 2.05) is 30.3 Å². The number of hydrogen-bond acceptors (Lipinski definition) is 5. The Kier molecular flexibility index (Phi) is 7.32. The summed E-state index contributed by atoms with van der Waals surface area (Å²) in [6.45, 7) is 0.883. The van der Waals surface area contributed by atoms with Crippen molar-refractivity contribution in [3.63, 3.8) is 0 Å². The second-order valence-electron chi connectivity index (χ2n) is 7.80. The summed E-state index contributed by atoms with van der Waals surface area (Å²) in [5, 5.41) is 12.7. The van der Waals surface area contributed by atoms with Crippen LogP contribution < -0.4 is 5.32 Å². The van der Waals surface area contributed by atoms with Crippen LogP contribution in [0.5, 0.6) is 5.75 Å². The maximum absolute atomic E-state index is 12.7. The van der Waals surface area contributed by atoms with Crippen LogP contribution in [-0.2, 0) is 19.6 Å². The van der Waals surface area contributed by atoms with Crippen molar-refractivity contribution in [3.8, 4) is 5.75 Å². The Labute approximate surface area is 188 Å². The summed E-state index contributed by atoms with van der Waals surface area (Å²) < 4.78 is 25.7. The molecule has 0 aromatic heterocycles. The third-order valence-electron chi connectivity index (χ3n) is 5.40. The number of likely N-dealkylation sites (tertiary alicyclic amines) is 1. The second-order valence-corrected chi connectivity index (χ2v) is 9.95. The predicted molar refractivity (Wildman–Crippen MR) is 122 cm³/mol. The standard InChI is InChI=1S/C23H27N3O5S/c1-25(2)32(30,31)19-9-10-21(27)20(16-19)24-23(29)18-12-14-26(15-13-18)22(28)11-8-17-6-4-3-5-7-17/h3-11,16,18,27H,12-15H2,1-2H3,(H,24,29). The zero-order chi connectivity index (χ0) is 23.3. The average molecular weight is 458 g/mol. The van der Waals surface area contributed by atoms with Gasteiger partial charge in [-0.05, 0) is 42.7 Å². The fourth-order valence-corrected chi connectivity index (χ4v) is 4.35. The number of carbonyl (C=O) groups excluding carboxylic acids is 2. The largest absolute Gasteiger partial charge is 0.506 e. The van der Waals surface area contributed by atoms with E-state index in [9.17, 15) is 23.1 Å². The second kappa shape index (κ2) is 9.97. The van der Waals surface area contributed by atoms with Crippen molar-refractivity contribution >= 4 is 33.6 Å². The minimum absolute atomic E-state index is 0.0266. The normalized spacial score (nSPS) is 15.3. The van der Waals surface area contributed by atoms with Crippen LogP contribution in [0, 0.1) is 5.92 Å². The van der Waals surface area contributed by atoms with Gasteiger partial charge in [0.05, 0.1) is 10.6 Å². The zero-order valence-electron chi connectivity index (χ0n) is 18.1. The van der Waals surface area contributed by atoms with Crippen molar-refractivity contribution in [2.75, 3.05) is 32.5 Å². The third kappa shape index (κ3) is 5.54. The number of hydrogen-bond donors (Lipinski definition) is 2. The fraction of sp³-hybridized carbons (Fsp3) is 0.304. The SMILES string of the molecule is CN(C)S(=O)(=O)c1ccc(O)c(NC(=O)C2CCN(C(=O)C=Cc3ccccc3)CC2)c1. The Morgan fingerprint density at radius 1 is 1.09 bits per heavy atom. The van der Waals surface area contributed by atoms with Crippen LogP contribution in [0.1, 0.15) is 18.4 Å². The van der Waals surface area contributed by atoms with E-state index in [-0.39, 0.29) is 34.1 Å². The molecule has 1 aliphatic rings. The average Bonchev–Trinajstić information content (AvgIpc) is 2.79. The first-order valence-corrected chi connectivity index (χ1v) is 11.7. The third-order valence-corrected chi connectivity index (χ3v) is 7.21. The topological polar surface area (TPSA) is 107 Å². The number of anilines is 1. The van der Waals surface area contributed by atoms with Gasteiger partial charge in [-0.15, -0.1) is 0 Å². The smallest absolute Gasteiger partial charge is 0.246 e. The van der Waals surface area contributed by atoms with Crippen LogP contribution in [0.4, 0.5) is 5.69 Å². The molecule has 2 amide bonds. The first-order valence-electron chi connectivity index (χ1n) is 10.3. The van der Waals surface area contributed by atoms with Gasteiger partial charge in [-0.1, -0.05) is 30.3 Å². The van der Waals surface area contributed by atoms with E-state index in [2.05, 4.69) is 5.32 Å². The molecule has 1 heterocycles. The number of nitrogens with one attached hydrogen (secondary N) is 1. The van der Waals surface area contributed by atoms with Crippen molar-refractivity contribution < 1.29 is 23.1 Å². The molecule has 2 N–H and O–H groups in total. The number of amides is 2. The van der Waals surface area contributed by atoms with Gasteiger partial charge in [-0.2, -0.15) is 0 Å². The molecule has 170 valence electrons. The molecule has 8 nitrogen and oxygen atoms in total. The van der Waals surface area contributed by atoms with Crippen LogP contribution in [0.2, 0.25) is 0 Å². The van der Waals surface area contributed by atoms with Gasteiger partial charge in [0.25, 0.3) is 0 Å². The summed E-state index contributed by atoms with van der Waals surface area (Å²) in [7, 11) is -0.884. The first-order chi connectivity index (χ1) is 15.2. The number of phenols is 1. The summed E-state index contributed by atoms with van der Waals surface area (Å²) in [5.74, 6) is -0.973. The van der Waals surface area contributed by atoms with Crippen molar-refractivity contribution in [2.24, 2.45) is 5.92 Å². The van der Waals surface area contributed by atoms with E-state index in [1.165, 1.54) is 38.4 Å². The van der Waals surface area contributed by atoms with E-state index < -0.39 is 10.0 Å². The fourth-order valence-electron chi connectivity index (χ4n) is 3.42. The molecule has 2 aromatic rings. The maximum Gasteiger partial charge on any atom is 0.246 e. The molecule has 1 fully saturated rings. The van der Waals surface area contributed by atoms with Crippen LogP contribution >= 0.6 is 0 Å². The molecule has 0 radical (unpaired) electrons. The molecule has 0 bridgehead atoms. The van der Waals surface area contributed by atoms with Crippen molar-refractivity contribution in [1.29, 1.82) is 0 Å². The number of piperidine rings is 1. The van der Waals surface area contributed by atoms with Gasteiger partial charge in [0.1, 0.15) is 5.75 Å². The summed E-state index contributed by atoms with van der Waals surface area (Å²) in [4.78, 5) is 26.8. The maximum atomic E-state index is 12.7. The molecule has 1 saturated heterocycles. The number of benzene rings is 2. The molecule has 0 spiro atoms. The lowest BCUT2D eigenvalue weighted by atomic mass is 9.95. The Bertz CT molecular complexity index is 1110. The summed E-state index contributed by atoms with van der Waals surface area (Å²) in [6, 6.07) is 13.3. The molecule has 0 saturated carbocycles. The molecular weight excluding hydrogens is 430 g/mol. The summed E-state index contributed by atoms with van der Waals surface area (Å²) in [6.07, 6.45) is 4.25. The van der Waals surface area contributed by atoms with Crippen molar-refractivity contribution in [3.05, 3.63) is 60.2 Å². The summed E-state index contributed by atoms with van der Waals surface area (Å²) >= 11 is 0. The van der Waals surface area contributed by atoms with Gasteiger partial charge >= 0.3 is 0 Å². The van der Waals surface area contributed by atoms with E-state index >= 15 is 0 Å². The number of nitrogens with zero attached hydrogens (tertiary/aromatic N) is 2. The van der Waals surface area contributed by atoms with Gasteiger partial charge in [0.2, 0.25) is 21.8 Å². The Morgan fingerprint density at radius 3 is 2.38 bits per heavy atom. The highest BCUT2D eigenvalue weighted by molar-refractivity contribution is 7.89.